The zero-order valence-electron chi connectivity index (χ0n) is 27.0. The fourth-order valence-electron chi connectivity index (χ4n) is 6.03. The van der Waals surface area contributed by atoms with Gasteiger partial charge in [0.2, 0.25) is 0 Å². The molecule has 2 aliphatic rings. The first-order valence-corrected chi connectivity index (χ1v) is 16.0. The van der Waals surface area contributed by atoms with Crippen molar-refractivity contribution in [2.75, 3.05) is 25.6 Å². The van der Waals surface area contributed by atoms with Crippen molar-refractivity contribution in [1.82, 2.24) is 5.32 Å². The fraction of sp³-hybridized carbons (Fsp3) is 0.297. The van der Waals surface area contributed by atoms with Crippen LogP contribution in [0.2, 0.25) is 0 Å². The summed E-state index contributed by atoms with van der Waals surface area (Å²) in [6, 6.07) is 21.8. The summed E-state index contributed by atoms with van der Waals surface area (Å²) in [6.07, 6.45) is 0.142. The van der Waals surface area contributed by atoms with Crippen LogP contribution in [0.25, 0.3) is 0 Å². The Balaban J connectivity index is 1.04. The lowest BCUT2D eigenvalue weighted by Crippen LogP contribution is -2.38. The van der Waals surface area contributed by atoms with Gasteiger partial charge in [-0.15, -0.1) is 0 Å². The molecule has 2 unspecified atom stereocenters. The maximum absolute atomic E-state index is 12.6. The summed E-state index contributed by atoms with van der Waals surface area (Å²) in [7, 11) is 1.57. The van der Waals surface area contributed by atoms with Crippen LogP contribution in [0.15, 0.2) is 78.0 Å². The number of aliphatic hydroxyl groups excluding tert-OH is 4. The number of fused-ring (bicyclic) bond motifs is 1. The maximum atomic E-state index is 12.6. The Morgan fingerprint density at radius 2 is 1.47 bits per heavy atom. The van der Waals surface area contributed by atoms with Gasteiger partial charge in [0.1, 0.15) is 11.9 Å². The molecule has 0 aromatic heterocycles. The normalized spacial score (nSPS) is 16.6. The summed E-state index contributed by atoms with van der Waals surface area (Å²) in [5.74, 6) is 1.48. The van der Waals surface area contributed by atoms with Crippen molar-refractivity contribution in [3.63, 3.8) is 0 Å². The second-order valence-corrected chi connectivity index (χ2v) is 11.7. The van der Waals surface area contributed by atoms with Crippen molar-refractivity contribution in [3.05, 3.63) is 117 Å². The third-order valence-corrected chi connectivity index (χ3v) is 8.63. The van der Waals surface area contributed by atoms with E-state index in [1.54, 1.807) is 37.4 Å². The smallest absolute Gasteiger partial charge is 0.255 e. The molecular weight excluding hydrogens is 630 g/mol. The Labute approximate surface area is 283 Å². The predicted octanol–water partition coefficient (Wildman–Crippen LogP) is 4.23. The molecule has 2 aliphatic heterocycles. The minimum Gasteiger partial charge on any atom is -0.493 e. The molecule has 0 fully saturated rings. The highest BCUT2D eigenvalue weighted by Gasteiger charge is 2.27. The van der Waals surface area contributed by atoms with Gasteiger partial charge in [0, 0.05) is 29.7 Å². The molecule has 0 saturated heterocycles. The van der Waals surface area contributed by atoms with E-state index in [2.05, 4.69) is 15.8 Å². The van der Waals surface area contributed by atoms with E-state index < -0.39 is 12.3 Å². The number of nitrogens with one attached hydrogen (secondary N) is 2. The summed E-state index contributed by atoms with van der Waals surface area (Å²) in [6.45, 7) is -0.387. The van der Waals surface area contributed by atoms with Crippen LogP contribution < -0.4 is 24.8 Å². The number of nitrogens with zero attached hydrogens (tertiary/aromatic N) is 1. The number of methoxy groups -OCH3 is 1. The molecule has 256 valence electrons. The quantitative estimate of drug-likeness (QED) is 0.107. The number of hydrogen-bond donors (Lipinski definition) is 6. The number of hydrogen-bond acceptors (Lipinski definition) is 11. The summed E-state index contributed by atoms with van der Waals surface area (Å²) >= 11 is 0. The van der Waals surface area contributed by atoms with Crippen LogP contribution in [-0.4, -0.2) is 52.4 Å². The van der Waals surface area contributed by atoms with Crippen molar-refractivity contribution in [2.45, 2.75) is 51.5 Å². The topological polar surface area (TPSA) is 171 Å². The Kier molecular flexibility index (Phi) is 10.6. The van der Waals surface area contributed by atoms with E-state index >= 15 is 0 Å². The number of ether oxygens (including phenoxy) is 3. The van der Waals surface area contributed by atoms with Crippen LogP contribution in [0.4, 0.5) is 5.69 Å². The molecule has 6 rings (SSSR count). The highest BCUT2D eigenvalue weighted by Crippen LogP contribution is 2.35. The van der Waals surface area contributed by atoms with Crippen molar-refractivity contribution in [3.8, 4) is 17.2 Å². The molecule has 12 nitrogen and oxygen atoms in total. The Hall–Kier alpha value is -5.14. The Morgan fingerprint density at radius 1 is 0.776 bits per heavy atom. The highest BCUT2D eigenvalue weighted by molar-refractivity contribution is 6.02. The Bertz CT molecular complexity index is 1820. The number of carbonyl (C=O) groups is 1. The van der Waals surface area contributed by atoms with E-state index in [1.165, 1.54) is 0 Å². The summed E-state index contributed by atoms with van der Waals surface area (Å²) in [5.41, 5.74) is 6.56. The highest BCUT2D eigenvalue weighted by atomic mass is 16.6. The van der Waals surface area contributed by atoms with Gasteiger partial charge in [-0.2, -0.15) is 0 Å². The van der Waals surface area contributed by atoms with Crippen molar-refractivity contribution < 1.29 is 44.3 Å². The lowest BCUT2D eigenvalue weighted by Gasteiger charge is -2.28. The zero-order valence-corrected chi connectivity index (χ0v) is 27.0. The molecule has 0 saturated carbocycles. The second kappa shape index (κ2) is 15.4. The second-order valence-electron chi connectivity index (χ2n) is 11.7. The minimum absolute atomic E-state index is 0.166. The molecule has 4 aromatic rings. The first-order valence-electron chi connectivity index (χ1n) is 16.0. The van der Waals surface area contributed by atoms with Crippen LogP contribution in [0.3, 0.4) is 0 Å². The number of benzene rings is 4. The number of carbonyl (C=O) groups excluding carboxylic acids is 1. The average Bonchev–Trinajstić information content (AvgIpc) is 3.64. The number of rotatable bonds is 14. The number of oxime groups is 1. The molecule has 12 heteroatoms. The van der Waals surface area contributed by atoms with Crippen LogP contribution in [0, 0.1) is 0 Å². The van der Waals surface area contributed by atoms with E-state index in [1.807, 2.05) is 42.5 Å². The van der Waals surface area contributed by atoms with Gasteiger partial charge in [-0.25, -0.2) is 0 Å². The molecule has 0 spiro atoms. The summed E-state index contributed by atoms with van der Waals surface area (Å²) in [5, 5.41) is 49.9. The molecule has 6 N–H and O–H groups in total. The van der Waals surface area contributed by atoms with Crippen LogP contribution >= 0.6 is 0 Å². The number of anilines is 1. The first-order chi connectivity index (χ1) is 24.0. The fourth-order valence-corrected chi connectivity index (χ4v) is 6.03. The number of para-hydroxylation sites is 1. The predicted molar refractivity (Wildman–Crippen MR) is 180 cm³/mol. The number of amides is 1. The largest absolute Gasteiger partial charge is 0.493 e. The molecule has 4 aromatic carbocycles. The van der Waals surface area contributed by atoms with Gasteiger partial charge in [-0.3, -0.25) is 4.79 Å². The van der Waals surface area contributed by atoms with E-state index in [9.17, 15) is 25.2 Å². The van der Waals surface area contributed by atoms with Crippen LogP contribution in [-0.2, 0) is 31.3 Å². The maximum Gasteiger partial charge on any atom is 0.255 e. The molecule has 0 aliphatic carbocycles. The van der Waals surface area contributed by atoms with Gasteiger partial charge in [-0.1, -0.05) is 23.4 Å². The van der Waals surface area contributed by atoms with Gasteiger partial charge in [0.15, 0.2) is 17.6 Å². The van der Waals surface area contributed by atoms with E-state index in [-0.39, 0.29) is 32.3 Å². The lowest BCUT2D eigenvalue weighted by atomic mass is 9.93. The minimum atomic E-state index is -0.440. The van der Waals surface area contributed by atoms with E-state index in [4.69, 9.17) is 19.0 Å². The SMILES string of the molecule is COc1ccc(C2=NOC(c3cc(CO)c(CO)c(CO)c3)C2)cc1OCCCOc1ccc(C2NC(=O)c3ccccc3N2)cc1CO. The van der Waals surface area contributed by atoms with Gasteiger partial charge in [0.05, 0.1) is 58.0 Å². The third-order valence-electron chi connectivity index (χ3n) is 8.63. The van der Waals surface area contributed by atoms with Gasteiger partial charge in [-0.05, 0) is 82.4 Å². The standard InChI is InChI=1S/C37H39N3O9/c1-46-33-10-7-22(31-17-34(49-40-31)24-14-25(18-41)29(21-44)26(15-24)19-42)16-35(33)48-12-4-11-47-32-9-8-23(13-27(32)20-43)36-38-30-6-3-2-5-28(30)37(45)39-36/h2-3,5-10,13-16,34,36,38,41-44H,4,11-12,17-21H2,1H3,(H,39,45). The summed E-state index contributed by atoms with van der Waals surface area (Å²) in [4.78, 5) is 18.3. The zero-order chi connectivity index (χ0) is 34.3. The van der Waals surface area contributed by atoms with Crippen LogP contribution in [0.1, 0.15) is 74.4 Å². The molecule has 1 amide bonds. The van der Waals surface area contributed by atoms with Crippen molar-refractivity contribution >= 4 is 17.3 Å². The van der Waals surface area contributed by atoms with Gasteiger partial charge >= 0.3 is 0 Å². The van der Waals surface area contributed by atoms with Crippen LogP contribution in [0.5, 0.6) is 17.2 Å². The van der Waals surface area contributed by atoms with E-state index in [0.717, 1.165) is 22.4 Å². The molecular formula is C37H39N3O9. The third kappa shape index (κ3) is 7.32. The summed E-state index contributed by atoms with van der Waals surface area (Å²) < 4.78 is 17.6. The first kappa shape index (κ1) is 33.7. The lowest BCUT2D eigenvalue weighted by molar-refractivity contribution is 0.0853. The molecule has 0 radical (unpaired) electrons. The molecule has 2 heterocycles. The average molecular weight is 670 g/mol. The monoisotopic (exact) mass is 669 g/mol. The molecule has 0 bridgehead atoms. The van der Waals surface area contributed by atoms with Gasteiger partial charge in [0.25, 0.3) is 5.91 Å². The Morgan fingerprint density at radius 3 is 2.18 bits per heavy atom. The van der Waals surface area contributed by atoms with E-state index in [0.29, 0.717) is 76.8 Å². The van der Waals surface area contributed by atoms with Gasteiger partial charge < -0.3 is 50.1 Å². The molecule has 49 heavy (non-hydrogen) atoms. The van der Waals surface area contributed by atoms with Crippen molar-refractivity contribution in [2.24, 2.45) is 5.16 Å². The number of aliphatic hydroxyl groups is 4. The molecule has 2 atom stereocenters. The van der Waals surface area contributed by atoms with Crippen molar-refractivity contribution in [1.29, 1.82) is 0 Å².